The third-order valence-electron chi connectivity index (χ3n) is 2.49. The lowest BCUT2D eigenvalue weighted by atomic mass is 10.2. The molecular formula is C13H17F4NO2. The molecule has 7 heteroatoms. The van der Waals surface area contributed by atoms with Crippen molar-refractivity contribution in [2.45, 2.75) is 25.4 Å². The summed E-state index contributed by atoms with van der Waals surface area (Å²) in [4.78, 5) is 0. The van der Waals surface area contributed by atoms with E-state index in [9.17, 15) is 22.7 Å². The van der Waals surface area contributed by atoms with Gasteiger partial charge in [-0.3, -0.25) is 0 Å². The monoisotopic (exact) mass is 295 g/mol. The van der Waals surface area contributed by atoms with Crippen LogP contribution in [0.5, 0.6) is 5.75 Å². The Hall–Kier alpha value is -1.34. The maximum atomic E-state index is 12.6. The van der Waals surface area contributed by atoms with Crippen LogP contribution in [0, 0.1) is 6.92 Å². The molecule has 1 atom stereocenters. The highest BCUT2D eigenvalue weighted by atomic mass is 19.3. The largest absolute Gasteiger partial charge is 0.491 e. The van der Waals surface area contributed by atoms with E-state index in [1.807, 2.05) is 13.0 Å². The minimum Gasteiger partial charge on any atom is -0.491 e. The zero-order valence-electron chi connectivity index (χ0n) is 11.0. The van der Waals surface area contributed by atoms with Gasteiger partial charge in [0, 0.05) is 6.54 Å². The van der Waals surface area contributed by atoms with E-state index < -0.39 is 25.0 Å². The van der Waals surface area contributed by atoms with Crippen LogP contribution in [0.1, 0.15) is 5.56 Å². The lowest BCUT2D eigenvalue weighted by Gasteiger charge is -2.18. The van der Waals surface area contributed by atoms with E-state index in [1.165, 1.54) is 0 Å². The Bertz CT molecular complexity index is 415. The molecule has 0 heterocycles. The minimum atomic E-state index is -4.10. The number of nitrogens with one attached hydrogen (secondary N) is 1. The lowest BCUT2D eigenvalue weighted by molar-refractivity contribution is -0.125. The first-order valence-electron chi connectivity index (χ1n) is 6.05. The standard InChI is InChI=1S/C13H17F4NO2/c1-9-3-2-4-11(5-9)20-7-10(19)6-18-8-13(16,17)12(14)15/h2-5,10,12,18-19H,6-8H2,1H3. The fourth-order valence-electron chi connectivity index (χ4n) is 1.44. The molecule has 1 aromatic rings. The Morgan fingerprint density at radius 2 is 2.05 bits per heavy atom. The summed E-state index contributed by atoms with van der Waals surface area (Å²) in [6, 6.07) is 7.10. The van der Waals surface area contributed by atoms with Gasteiger partial charge in [0.25, 0.3) is 0 Å². The van der Waals surface area contributed by atoms with Crippen LogP contribution in [0.2, 0.25) is 0 Å². The fraction of sp³-hybridized carbons (Fsp3) is 0.538. The van der Waals surface area contributed by atoms with Crippen LogP contribution in [-0.4, -0.2) is 43.3 Å². The quantitative estimate of drug-likeness (QED) is 0.723. The van der Waals surface area contributed by atoms with Gasteiger partial charge in [0.2, 0.25) is 0 Å². The lowest BCUT2D eigenvalue weighted by Crippen LogP contribution is -2.42. The Morgan fingerprint density at radius 3 is 2.65 bits per heavy atom. The number of benzene rings is 1. The van der Waals surface area contributed by atoms with Crippen molar-refractivity contribution in [2.75, 3.05) is 19.7 Å². The summed E-state index contributed by atoms with van der Waals surface area (Å²) in [6.07, 6.45) is -4.79. The predicted molar refractivity (Wildman–Crippen MR) is 66.5 cm³/mol. The molecule has 0 fully saturated rings. The van der Waals surface area contributed by atoms with E-state index in [0.717, 1.165) is 5.56 Å². The topological polar surface area (TPSA) is 41.5 Å². The van der Waals surface area contributed by atoms with Crippen LogP contribution in [0.3, 0.4) is 0 Å². The van der Waals surface area contributed by atoms with Gasteiger partial charge in [-0.05, 0) is 24.6 Å². The van der Waals surface area contributed by atoms with E-state index in [4.69, 9.17) is 4.74 Å². The number of ether oxygens (including phenoxy) is 1. The van der Waals surface area contributed by atoms with Gasteiger partial charge >= 0.3 is 12.3 Å². The molecule has 0 aromatic heterocycles. The molecule has 0 spiro atoms. The molecule has 0 amide bonds. The minimum absolute atomic E-state index is 0.114. The SMILES string of the molecule is Cc1cccc(OCC(O)CNCC(F)(F)C(F)F)c1. The smallest absolute Gasteiger partial charge is 0.319 e. The van der Waals surface area contributed by atoms with Crippen molar-refractivity contribution >= 4 is 0 Å². The summed E-state index contributed by atoms with van der Waals surface area (Å²) in [5.74, 6) is -3.56. The number of alkyl halides is 4. The molecular weight excluding hydrogens is 278 g/mol. The third kappa shape index (κ3) is 5.75. The fourth-order valence-corrected chi connectivity index (χ4v) is 1.44. The normalized spacial score (nSPS) is 13.6. The molecule has 114 valence electrons. The van der Waals surface area contributed by atoms with Gasteiger partial charge in [-0.15, -0.1) is 0 Å². The van der Waals surface area contributed by atoms with E-state index in [2.05, 4.69) is 5.32 Å². The molecule has 3 nitrogen and oxygen atoms in total. The van der Waals surface area contributed by atoms with Crippen molar-refractivity contribution < 1.29 is 27.4 Å². The van der Waals surface area contributed by atoms with Crippen molar-refractivity contribution in [3.05, 3.63) is 29.8 Å². The molecule has 20 heavy (non-hydrogen) atoms. The van der Waals surface area contributed by atoms with Gasteiger partial charge in [0.15, 0.2) is 0 Å². The Morgan fingerprint density at radius 1 is 1.35 bits per heavy atom. The molecule has 2 N–H and O–H groups in total. The molecule has 0 radical (unpaired) electrons. The van der Waals surface area contributed by atoms with Crippen LogP contribution in [0.15, 0.2) is 24.3 Å². The average molecular weight is 295 g/mol. The first kappa shape index (κ1) is 16.7. The zero-order chi connectivity index (χ0) is 15.2. The Labute approximate surface area is 114 Å². The number of halogens is 4. The second-order valence-electron chi connectivity index (χ2n) is 4.47. The number of aliphatic hydroxyl groups is 1. The molecule has 0 aliphatic rings. The molecule has 1 rings (SSSR count). The van der Waals surface area contributed by atoms with Gasteiger partial charge in [-0.1, -0.05) is 12.1 Å². The van der Waals surface area contributed by atoms with Crippen molar-refractivity contribution in [2.24, 2.45) is 0 Å². The summed E-state index contributed by atoms with van der Waals surface area (Å²) >= 11 is 0. The summed E-state index contributed by atoms with van der Waals surface area (Å²) in [5.41, 5.74) is 0.978. The van der Waals surface area contributed by atoms with Gasteiger partial charge < -0.3 is 15.2 Å². The van der Waals surface area contributed by atoms with Gasteiger partial charge in [0.05, 0.1) is 6.54 Å². The first-order chi connectivity index (χ1) is 9.31. The molecule has 1 aromatic carbocycles. The molecule has 0 saturated heterocycles. The number of hydrogen-bond acceptors (Lipinski definition) is 3. The van der Waals surface area contributed by atoms with Gasteiger partial charge in [-0.2, -0.15) is 8.78 Å². The first-order valence-corrected chi connectivity index (χ1v) is 6.05. The van der Waals surface area contributed by atoms with Gasteiger partial charge in [0.1, 0.15) is 18.5 Å². The van der Waals surface area contributed by atoms with Crippen LogP contribution in [0.4, 0.5) is 17.6 Å². The van der Waals surface area contributed by atoms with Crippen LogP contribution < -0.4 is 10.1 Å². The second kappa shape index (κ2) is 7.44. The molecule has 0 bridgehead atoms. The zero-order valence-corrected chi connectivity index (χ0v) is 11.0. The van der Waals surface area contributed by atoms with Crippen LogP contribution >= 0.6 is 0 Å². The highest BCUT2D eigenvalue weighted by molar-refractivity contribution is 5.27. The molecule has 0 aliphatic carbocycles. The number of rotatable bonds is 8. The predicted octanol–water partition coefficient (Wildman–Crippen LogP) is 2.22. The van der Waals surface area contributed by atoms with E-state index in [-0.39, 0.29) is 13.2 Å². The van der Waals surface area contributed by atoms with Crippen LogP contribution in [0.25, 0.3) is 0 Å². The van der Waals surface area contributed by atoms with Crippen molar-refractivity contribution in [1.29, 1.82) is 0 Å². The van der Waals surface area contributed by atoms with E-state index in [1.54, 1.807) is 18.2 Å². The van der Waals surface area contributed by atoms with Gasteiger partial charge in [-0.25, -0.2) is 8.78 Å². The summed E-state index contributed by atoms with van der Waals surface area (Å²) in [7, 11) is 0. The molecule has 0 aliphatic heterocycles. The number of hydrogen-bond donors (Lipinski definition) is 2. The molecule has 0 saturated carbocycles. The highest BCUT2D eigenvalue weighted by Crippen LogP contribution is 2.21. The maximum absolute atomic E-state index is 12.6. The van der Waals surface area contributed by atoms with Crippen LogP contribution in [-0.2, 0) is 0 Å². The van der Waals surface area contributed by atoms with Crippen molar-refractivity contribution in [3.63, 3.8) is 0 Å². The second-order valence-corrected chi connectivity index (χ2v) is 4.47. The van der Waals surface area contributed by atoms with Crippen molar-refractivity contribution in [1.82, 2.24) is 5.32 Å². The number of aryl methyl sites for hydroxylation is 1. The average Bonchev–Trinajstić information content (AvgIpc) is 2.36. The van der Waals surface area contributed by atoms with E-state index >= 15 is 0 Å². The summed E-state index contributed by atoms with van der Waals surface area (Å²) in [5, 5.41) is 11.6. The maximum Gasteiger partial charge on any atom is 0.319 e. The Balaban J connectivity index is 2.26. The third-order valence-corrected chi connectivity index (χ3v) is 2.49. The molecule has 1 unspecified atom stereocenters. The van der Waals surface area contributed by atoms with E-state index in [0.29, 0.717) is 5.75 Å². The Kier molecular flexibility index (Phi) is 6.22. The summed E-state index contributed by atoms with van der Waals surface area (Å²) in [6.45, 7) is 0.314. The summed E-state index contributed by atoms with van der Waals surface area (Å²) < 4.78 is 54.1. The highest BCUT2D eigenvalue weighted by Gasteiger charge is 2.40. The number of aliphatic hydroxyl groups excluding tert-OH is 1. The van der Waals surface area contributed by atoms with Crippen molar-refractivity contribution in [3.8, 4) is 5.75 Å².